The lowest BCUT2D eigenvalue weighted by atomic mass is 10.2. The van der Waals surface area contributed by atoms with Crippen LogP contribution in [0.15, 0.2) is 0 Å². The summed E-state index contributed by atoms with van der Waals surface area (Å²) in [5, 5.41) is 0. The van der Waals surface area contributed by atoms with Crippen LogP contribution in [-0.4, -0.2) is 42.5 Å². The van der Waals surface area contributed by atoms with Gasteiger partial charge in [0.25, 0.3) is 0 Å². The van der Waals surface area contributed by atoms with Gasteiger partial charge in [0.05, 0.1) is 12.7 Å². The molecule has 0 bridgehead atoms. The van der Waals surface area contributed by atoms with Crippen molar-refractivity contribution in [1.29, 1.82) is 0 Å². The van der Waals surface area contributed by atoms with Crippen LogP contribution in [0.1, 0.15) is 13.3 Å². The van der Waals surface area contributed by atoms with Crippen LogP contribution in [0.2, 0.25) is 0 Å². The Bertz CT molecular complexity index is 217. The molecule has 0 saturated carbocycles. The van der Waals surface area contributed by atoms with E-state index in [9.17, 15) is 9.59 Å². The molecule has 1 saturated heterocycles. The summed E-state index contributed by atoms with van der Waals surface area (Å²) in [7, 11) is 0. The first-order chi connectivity index (χ1) is 6.09. The minimum Gasteiger partial charge on any atom is -0.375 e. The third-order valence-electron chi connectivity index (χ3n) is 1.92. The smallest absolute Gasteiger partial charge is 0.232 e. The molecule has 0 aliphatic carbocycles. The molecule has 0 spiro atoms. The van der Waals surface area contributed by atoms with E-state index in [0.29, 0.717) is 19.7 Å². The standard InChI is InChI=1S/C8H14N2O3/c1-6-5-10(2-3-13-6)8(12)4-7(9)11/h6H,2-5H2,1H3,(H2,9,11). The number of hydrogen-bond donors (Lipinski definition) is 1. The second-order valence-electron chi connectivity index (χ2n) is 3.16. The molecule has 1 rings (SSSR count). The molecule has 1 aliphatic heterocycles. The van der Waals surface area contributed by atoms with Gasteiger partial charge in [-0.05, 0) is 6.92 Å². The van der Waals surface area contributed by atoms with E-state index in [1.807, 2.05) is 6.92 Å². The SMILES string of the molecule is CC1CN(C(=O)CC(N)=O)CCO1. The van der Waals surface area contributed by atoms with Gasteiger partial charge in [0.1, 0.15) is 6.42 Å². The molecular weight excluding hydrogens is 172 g/mol. The molecule has 0 radical (unpaired) electrons. The Balaban J connectivity index is 2.41. The van der Waals surface area contributed by atoms with Crippen LogP contribution in [0.3, 0.4) is 0 Å². The highest BCUT2D eigenvalue weighted by Gasteiger charge is 2.21. The molecule has 5 heteroatoms. The Morgan fingerprint density at radius 3 is 2.85 bits per heavy atom. The van der Waals surface area contributed by atoms with E-state index in [2.05, 4.69) is 0 Å². The maximum atomic E-state index is 11.3. The summed E-state index contributed by atoms with van der Waals surface area (Å²) in [6.07, 6.45) is -0.155. The number of carbonyl (C=O) groups excluding carboxylic acids is 2. The highest BCUT2D eigenvalue weighted by molar-refractivity contribution is 5.96. The molecule has 0 aromatic rings. The van der Waals surface area contributed by atoms with Crippen LogP contribution in [-0.2, 0) is 14.3 Å². The van der Waals surface area contributed by atoms with E-state index in [-0.39, 0.29) is 18.4 Å². The first-order valence-corrected chi connectivity index (χ1v) is 4.27. The Morgan fingerprint density at radius 2 is 2.31 bits per heavy atom. The van der Waals surface area contributed by atoms with Crippen LogP contribution in [0.25, 0.3) is 0 Å². The Labute approximate surface area is 76.8 Å². The van der Waals surface area contributed by atoms with Crippen molar-refractivity contribution in [3.63, 3.8) is 0 Å². The molecule has 2 amide bonds. The summed E-state index contributed by atoms with van der Waals surface area (Å²) in [4.78, 5) is 23.4. The lowest BCUT2D eigenvalue weighted by molar-refractivity contribution is -0.140. The van der Waals surface area contributed by atoms with Crippen LogP contribution >= 0.6 is 0 Å². The number of ether oxygens (including phenoxy) is 1. The average molecular weight is 186 g/mol. The molecule has 1 atom stereocenters. The molecule has 5 nitrogen and oxygen atoms in total. The Hall–Kier alpha value is -1.10. The van der Waals surface area contributed by atoms with Crippen molar-refractivity contribution in [2.45, 2.75) is 19.4 Å². The fourth-order valence-electron chi connectivity index (χ4n) is 1.31. The van der Waals surface area contributed by atoms with Crippen molar-refractivity contribution in [2.24, 2.45) is 5.73 Å². The van der Waals surface area contributed by atoms with Crippen molar-refractivity contribution in [2.75, 3.05) is 19.7 Å². The summed E-state index contributed by atoms with van der Waals surface area (Å²) in [6.45, 7) is 3.53. The second-order valence-corrected chi connectivity index (χ2v) is 3.16. The summed E-state index contributed by atoms with van der Waals surface area (Å²) < 4.78 is 5.25. The predicted molar refractivity (Wildman–Crippen MR) is 45.8 cm³/mol. The van der Waals surface area contributed by atoms with Gasteiger partial charge in [-0.25, -0.2) is 0 Å². The Morgan fingerprint density at radius 1 is 1.62 bits per heavy atom. The largest absolute Gasteiger partial charge is 0.375 e. The average Bonchev–Trinajstić information content (AvgIpc) is 2.03. The molecule has 1 aliphatic rings. The highest BCUT2D eigenvalue weighted by Crippen LogP contribution is 2.05. The number of carbonyl (C=O) groups is 2. The van der Waals surface area contributed by atoms with Crippen molar-refractivity contribution in [3.05, 3.63) is 0 Å². The first-order valence-electron chi connectivity index (χ1n) is 4.27. The van der Waals surface area contributed by atoms with Crippen molar-refractivity contribution >= 4 is 11.8 Å². The van der Waals surface area contributed by atoms with Crippen molar-refractivity contribution in [3.8, 4) is 0 Å². The van der Waals surface area contributed by atoms with E-state index >= 15 is 0 Å². The lowest BCUT2D eigenvalue weighted by Crippen LogP contribution is -2.45. The van der Waals surface area contributed by atoms with Crippen LogP contribution in [0.4, 0.5) is 0 Å². The van der Waals surface area contributed by atoms with E-state index in [1.54, 1.807) is 4.90 Å². The summed E-state index contributed by atoms with van der Waals surface area (Å²) in [5.41, 5.74) is 4.92. The summed E-state index contributed by atoms with van der Waals surface area (Å²) >= 11 is 0. The third-order valence-corrected chi connectivity index (χ3v) is 1.92. The van der Waals surface area contributed by atoms with Crippen molar-refractivity contribution < 1.29 is 14.3 Å². The van der Waals surface area contributed by atoms with Gasteiger partial charge in [-0.1, -0.05) is 0 Å². The molecule has 1 unspecified atom stereocenters. The van der Waals surface area contributed by atoms with E-state index < -0.39 is 5.91 Å². The lowest BCUT2D eigenvalue weighted by Gasteiger charge is -2.30. The third kappa shape index (κ3) is 3.02. The van der Waals surface area contributed by atoms with Crippen LogP contribution < -0.4 is 5.73 Å². The second kappa shape index (κ2) is 4.23. The zero-order valence-electron chi connectivity index (χ0n) is 7.66. The van der Waals surface area contributed by atoms with Gasteiger partial charge >= 0.3 is 0 Å². The fourth-order valence-corrected chi connectivity index (χ4v) is 1.31. The van der Waals surface area contributed by atoms with Gasteiger partial charge in [-0.2, -0.15) is 0 Å². The van der Waals surface area contributed by atoms with Gasteiger partial charge in [-0.15, -0.1) is 0 Å². The summed E-state index contributed by atoms with van der Waals surface area (Å²) in [5.74, 6) is -0.785. The first kappa shape index (κ1) is 9.98. The van der Waals surface area contributed by atoms with Crippen molar-refractivity contribution in [1.82, 2.24) is 4.90 Å². The van der Waals surface area contributed by atoms with E-state index in [1.165, 1.54) is 0 Å². The van der Waals surface area contributed by atoms with Crippen LogP contribution in [0, 0.1) is 0 Å². The maximum absolute atomic E-state index is 11.3. The zero-order valence-corrected chi connectivity index (χ0v) is 7.66. The molecule has 1 heterocycles. The van der Waals surface area contributed by atoms with Gasteiger partial charge in [0.15, 0.2) is 0 Å². The van der Waals surface area contributed by atoms with E-state index in [0.717, 1.165) is 0 Å². The normalized spacial score (nSPS) is 22.8. The number of nitrogens with two attached hydrogens (primary N) is 1. The summed E-state index contributed by atoms with van der Waals surface area (Å²) in [6, 6.07) is 0. The van der Waals surface area contributed by atoms with Crippen LogP contribution in [0.5, 0.6) is 0 Å². The molecule has 74 valence electrons. The minimum absolute atomic E-state index is 0.0468. The molecule has 0 aromatic carbocycles. The number of nitrogens with zero attached hydrogens (tertiary/aromatic N) is 1. The number of primary amides is 1. The van der Waals surface area contributed by atoms with Gasteiger partial charge in [0.2, 0.25) is 11.8 Å². The molecule has 13 heavy (non-hydrogen) atoms. The van der Waals surface area contributed by atoms with Gasteiger partial charge in [-0.3, -0.25) is 9.59 Å². The quantitative estimate of drug-likeness (QED) is 0.568. The van der Waals surface area contributed by atoms with Gasteiger partial charge < -0.3 is 15.4 Å². The van der Waals surface area contributed by atoms with E-state index in [4.69, 9.17) is 10.5 Å². The molecule has 1 fully saturated rings. The number of hydrogen-bond acceptors (Lipinski definition) is 3. The molecule has 0 aromatic heterocycles. The monoisotopic (exact) mass is 186 g/mol. The highest BCUT2D eigenvalue weighted by atomic mass is 16.5. The maximum Gasteiger partial charge on any atom is 0.232 e. The topological polar surface area (TPSA) is 72.6 Å². The van der Waals surface area contributed by atoms with Gasteiger partial charge in [0, 0.05) is 13.1 Å². The number of rotatable bonds is 2. The predicted octanol–water partition coefficient (Wildman–Crippen LogP) is -0.891. The minimum atomic E-state index is -0.579. The Kier molecular flexibility index (Phi) is 3.25. The molecule has 2 N–H and O–H groups in total. The fraction of sp³-hybridized carbons (Fsp3) is 0.750. The zero-order chi connectivity index (χ0) is 9.84. The molecular formula is C8H14N2O3. The number of morpholine rings is 1. The number of amides is 2.